The van der Waals surface area contributed by atoms with Gasteiger partial charge in [0.15, 0.2) is 0 Å². The normalized spacial score (nSPS) is 14.5. The van der Waals surface area contributed by atoms with Crippen LogP contribution in [-0.2, 0) is 6.54 Å². The zero-order valence-electron chi connectivity index (χ0n) is 19.1. The van der Waals surface area contributed by atoms with Crippen molar-refractivity contribution in [1.82, 2.24) is 20.4 Å². The number of nitrogens with one attached hydrogen (secondary N) is 2. The molecule has 0 radical (unpaired) electrons. The SMILES string of the molecule is Cc1ccc(C(=O)NCc2cccc(N3CCN(C)CC3)c2)cc1-c1ccc2cn[nH]c2c1. The van der Waals surface area contributed by atoms with Crippen LogP contribution in [0, 0.1) is 6.92 Å². The van der Waals surface area contributed by atoms with Crippen molar-refractivity contribution in [1.29, 1.82) is 0 Å². The van der Waals surface area contributed by atoms with Gasteiger partial charge < -0.3 is 15.1 Å². The smallest absolute Gasteiger partial charge is 0.251 e. The Balaban J connectivity index is 1.29. The number of aryl methyl sites for hydroxylation is 1. The van der Waals surface area contributed by atoms with E-state index in [-0.39, 0.29) is 5.91 Å². The first kappa shape index (κ1) is 21.2. The molecule has 0 spiro atoms. The van der Waals surface area contributed by atoms with Crippen molar-refractivity contribution < 1.29 is 4.79 Å². The molecule has 6 nitrogen and oxygen atoms in total. The third kappa shape index (κ3) is 4.61. The Labute approximate surface area is 194 Å². The maximum absolute atomic E-state index is 13.0. The van der Waals surface area contributed by atoms with Crippen molar-refractivity contribution in [2.75, 3.05) is 38.1 Å². The third-order valence-corrected chi connectivity index (χ3v) is 6.48. The van der Waals surface area contributed by atoms with Crippen LogP contribution >= 0.6 is 0 Å². The highest BCUT2D eigenvalue weighted by Gasteiger charge is 2.15. The van der Waals surface area contributed by atoms with Crippen LogP contribution in [-0.4, -0.2) is 54.2 Å². The molecule has 1 saturated heterocycles. The van der Waals surface area contributed by atoms with Gasteiger partial charge in [-0.25, -0.2) is 0 Å². The number of nitrogens with zero attached hydrogens (tertiary/aromatic N) is 3. The number of carbonyl (C=O) groups excluding carboxylic acids is 1. The van der Waals surface area contributed by atoms with Crippen LogP contribution in [0.4, 0.5) is 5.69 Å². The number of carbonyl (C=O) groups is 1. The van der Waals surface area contributed by atoms with Crippen molar-refractivity contribution in [3.8, 4) is 11.1 Å². The molecule has 0 bridgehead atoms. The van der Waals surface area contributed by atoms with E-state index in [2.05, 4.69) is 75.7 Å². The van der Waals surface area contributed by atoms with E-state index < -0.39 is 0 Å². The summed E-state index contributed by atoms with van der Waals surface area (Å²) in [6.07, 6.45) is 1.81. The molecule has 0 atom stereocenters. The number of aromatic nitrogens is 2. The Morgan fingerprint density at radius 1 is 1.03 bits per heavy atom. The molecule has 0 aliphatic carbocycles. The van der Waals surface area contributed by atoms with Crippen LogP contribution in [0.3, 0.4) is 0 Å². The number of hydrogen-bond acceptors (Lipinski definition) is 4. The first-order valence-electron chi connectivity index (χ1n) is 11.4. The molecule has 0 saturated carbocycles. The van der Waals surface area contributed by atoms with Gasteiger partial charge in [-0.3, -0.25) is 9.89 Å². The van der Waals surface area contributed by atoms with Crippen molar-refractivity contribution in [3.05, 3.63) is 83.6 Å². The van der Waals surface area contributed by atoms with Gasteiger partial charge in [0.25, 0.3) is 5.91 Å². The van der Waals surface area contributed by atoms with E-state index in [0.29, 0.717) is 12.1 Å². The number of H-pyrrole nitrogens is 1. The van der Waals surface area contributed by atoms with Crippen molar-refractivity contribution >= 4 is 22.5 Å². The van der Waals surface area contributed by atoms with Gasteiger partial charge in [0.1, 0.15) is 0 Å². The first-order chi connectivity index (χ1) is 16.1. The molecule has 0 unspecified atom stereocenters. The Morgan fingerprint density at radius 3 is 2.73 bits per heavy atom. The van der Waals surface area contributed by atoms with Crippen molar-refractivity contribution in [3.63, 3.8) is 0 Å². The van der Waals surface area contributed by atoms with Crippen LogP contribution in [0.5, 0.6) is 0 Å². The Kier molecular flexibility index (Phi) is 5.84. The van der Waals surface area contributed by atoms with Gasteiger partial charge in [-0.05, 0) is 66.6 Å². The second-order valence-corrected chi connectivity index (χ2v) is 8.84. The number of rotatable bonds is 5. The number of aromatic amines is 1. The van der Waals surface area contributed by atoms with E-state index in [1.807, 2.05) is 30.5 Å². The first-order valence-corrected chi connectivity index (χ1v) is 11.4. The fourth-order valence-corrected chi connectivity index (χ4v) is 4.39. The standard InChI is InChI=1S/C27H29N5O/c1-19-6-7-22(15-25(19)21-8-9-23-18-29-30-26(23)16-21)27(33)28-17-20-4-3-5-24(14-20)32-12-10-31(2)11-13-32/h3-9,14-16,18H,10-13,17H2,1-2H3,(H,28,33)(H,29,30). The topological polar surface area (TPSA) is 64.3 Å². The summed E-state index contributed by atoms with van der Waals surface area (Å²) in [4.78, 5) is 17.7. The van der Waals surface area contributed by atoms with Gasteiger partial charge in [-0.1, -0.05) is 30.3 Å². The van der Waals surface area contributed by atoms with E-state index in [0.717, 1.165) is 59.3 Å². The molecule has 1 aromatic heterocycles. The predicted octanol–water partition coefficient (Wildman–Crippen LogP) is 4.22. The van der Waals surface area contributed by atoms with Gasteiger partial charge in [-0.15, -0.1) is 0 Å². The molecule has 1 aliphatic heterocycles. The number of benzene rings is 3. The average molecular weight is 440 g/mol. The molecule has 1 amide bonds. The minimum atomic E-state index is -0.0659. The predicted molar refractivity (Wildman–Crippen MR) is 134 cm³/mol. The highest BCUT2D eigenvalue weighted by molar-refractivity contribution is 5.96. The van der Waals surface area contributed by atoms with Gasteiger partial charge in [0, 0.05) is 49.4 Å². The zero-order chi connectivity index (χ0) is 22.8. The number of likely N-dealkylation sites (N-methyl/N-ethyl adjacent to an activating group) is 1. The Bertz CT molecular complexity index is 1290. The van der Waals surface area contributed by atoms with Crippen LogP contribution in [0.25, 0.3) is 22.0 Å². The molecule has 3 aromatic carbocycles. The molecule has 33 heavy (non-hydrogen) atoms. The number of fused-ring (bicyclic) bond motifs is 1. The summed E-state index contributed by atoms with van der Waals surface area (Å²) in [7, 11) is 2.16. The van der Waals surface area contributed by atoms with Gasteiger partial charge in [-0.2, -0.15) is 5.10 Å². The average Bonchev–Trinajstić information content (AvgIpc) is 3.31. The van der Waals surface area contributed by atoms with Crippen LogP contribution < -0.4 is 10.2 Å². The second kappa shape index (κ2) is 9.08. The summed E-state index contributed by atoms with van der Waals surface area (Å²) < 4.78 is 0. The van der Waals surface area contributed by atoms with E-state index in [1.165, 1.54) is 5.69 Å². The van der Waals surface area contributed by atoms with E-state index in [9.17, 15) is 4.79 Å². The minimum absolute atomic E-state index is 0.0659. The number of amides is 1. The summed E-state index contributed by atoms with van der Waals surface area (Å²) in [6.45, 7) is 6.78. The van der Waals surface area contributed by atoms with Crippen molar-refractivity contribution in [2.24, 2.45) is 0 Å². The molecule has 4 aromatic rings. The molecule has 168 valence electrons. The molecular formula is C27H29N5O. The summed E-state index contributed by atoms with van der Waals surface area (Å²) in [6, 6.07) is 20.6. The maximum Gasteiger partial charge on any atom is 0.251 e. The highest BCUT2D eigenvalue weighted by Crippen LogP contribution is 2.27. The minimum Gasteiger partial charge on any atom is -0.369 e. The molecule has 1 aliphatic rings. The van der Waals surface area contributed by atoms with Crippen LogP contribution in [0.1, 0.15) is 21.5 Å². The monoisotopic (exact) mass is 439 g/mol. The summed E-state index contributed by atoms with van der Waals surface area (Å²) in [5.74, 6) is -0.0659. The molecule has 5 rings (SSSR count). The summed E-state index contributed by atoms with van der Waals surface area (Å²) in [5, 5.41) is 11.3. The van der Waals surface area contributed by atoms with Crippen LogP contribution in [0.2, 0.25) is 0 Å². The summed E-state index contributed by atoms with van der Waals surface area (Å²) in [5.41, 5.74) is 7.23. The van der Waals surface area contributed by atoms with Gasteiger partial charge in [0.05, 0.1) is 11.7 Å². The Morgan fingerprint density at radius 2 is 1.88 bits per heavy atom. The molecular weight excluding hydrogens is 410 g/mol. The van der Waals surface area contributed by atoms with Gasteiger partial charge >= 0.3 is 0 Å². The fourth-order valence-electron chi connectivity index (χ4n) is 4.39. The number of piperazine rings is 1. The lowest BCUT2D eigenvalue weighted by molar-refractivity contribution is 0.0951. The maximum atomic E-state index is 13.0. The lowest BCUT2D eigenvalue weighted by Gasteiger charge is -2.34. The largest absolute Gasteiger partial charge is 0.369 e. The van der Waals surface area contributed by atoms with Crippen LogP contribution in [0.15, 0.2) is 66.9 Å². The lowest BCUT2D eigenvalue weighted by atomic mass is 9.97. The Hall–Kier alpha value is -3.64. The lowest BCUT2D eigenvalue weighted by Crippen LogP contribution is -2.44. The van der Waals surface area contributed by atoms with E-state index in [4.69, 9.17) is 0 Å². The third-order valence-electron chi connectivity index (χ3n) is 6.48. The van der Waals surface area contributed by atoms with Crippen molar-refractivity contribution in [2.45, 2.75) is 13.5 Å². The van der Waals surface area contributed by atoms with E-state index in [1.54, 1.807) is 0 Å². The molecule has 2 heterocycles. The second-order valence-electron chi connectivity index (χ2n) is 8.84. The molecule has 1 fully saturated rings. The molecule has 6 heteroatoms. The number of hydrogen-bond donors (Lipinski definition) is 2. The number of anilines is 1. The highest BCUT2D eigenvalue weighted by atomic mass is 16.1. The molecule has 2 N–H and O–H groups in total. The fraction of sp³-hybridized carbons (Fsp3) is 0.259. The summed E-state index contributed by atoms with van der Waals surface area (Å²) >= 11 is 0. The zero-order valence-corrected chi connectivity index (χ0v) is 19.1. The van der Waals surface area contributed by atoms with E-state index >= 15 is 0 Å². The quantitative estimate of drug-likeness (QED) is 0.489. The van der Waals surface area contributed by atoms with Gasteiger partial charge in [0.2, 0.25) is 0 Å².